The average Bonchev–Trinajstić information content (AvgIpc) is 2.83. The zero-order chi connectivity index (χ0) is 22.8. The molecule has 0 spiro atoms. The third-order valence-electron chi connectivity index (χ3n) is 4.84. The summed E-state index contributed by atoms with van der Waals surface area (Å²) in [7, 11) is 0. The van der Waals surface area contributed by atoms with Gasteiger partial charge in [-0.1, -0.05) is 91.0 Å². The zero-order valence-corrected chi connectivity index (χ0v) is 17.3. The standard InChI is InChI=1S/C25H24N2O5/c28-21(16-26-25(31)32-17-18-10-4-1-5-11-18)27-23(24(29)30)22(19-12-6-2-7-13-19)20-14-8-3-9-15-20/h1-15,22-23H,16-17H2,(H,26,31)(H,27,28)(H,29,30)/t23-/m1/s1. The fraction of sp³-hybridized carbons (Fsp3) is 0.160. The van der Waals surface area contributed by atoms with Crippen molar-refractivity contribution >= 4 is 18.0 Å². The van der Waals surface area contributed by atoms with Crippen LogP contribution in [0.3, 0.4) is 0 Å². The lowest BCUT2D eigenvalue weighted by atomic mass is 9.85. The highest BCUT2D eigenvalue weighted by Crippen LogP contribution is 2.28. The van der Waals surface area contributed by atoms with Gasteiger partial charge in [-0.15, -0.1) is 0 Å². The second kappa shape index (κ2) is 11.3. The number of hydrogen-bond donors (Lipinski definition) is 3. The summed E-state index contributed by atoms with van der Waals surface area (Å²) < 4.78 is 5.07. The third kappa shape index (κ3) is 6.43. The summed E-state index contributed by atoms with van der Waals surface area (Å²) >= 11 is 0. The number of carboxylic acid groups (broad SMARTS) is 1. The maximum atomic E-state index is 12.5. The van der Waals surface area contributed by atoms with Gasteiger partial charge in [0.25, 0.3) is 0 Å². The average molecular weight is 432 g/mol. The van der Waals surface area contributed by atoms with Crippen LogP contribution in [-0.2, 0) is 20.9 Å². The van der Waals surface area contributed by atoms with Gasteiger partial charge in [-0.3, -0.25) is 4.79 Å². The van der Waals surface area contributed by atoms with Crippen LogP contribution in [0.5, 0.6) is 0 Å². The predicted octanol–water partition coefficient (Wildman–Crippen LogP) is 3.31. The molecule has 1 atom stereocenters. The first-order valence-corrected chi connectivity index (χ1v) is 10.1. The van der Waals surface area contributed by atoms with Crippen LogP contribution >= 0.6 is 0 Å². The lowest BCUT2D eigenvalue weighted by Crippen LogP contribution is -2.48. The molecule has 7 nitrogen and oxygen atoms in total. The van der Waals surface area contributed by atoms with Gasteiger partial charge in [-0.05, 0) is 16.7 Å². The number of carboxylic acids is 1. The molecule has 0 aliphatic carbocycles. The van der Waals surface area contributed by atoms with Crippen molar-refractivity contribution in [3.8, 4) is 0 Å². The first-order chi connectivity index (χ1) is 15.5. The minimum Gasteiger partial charge on any atom is -0.480 e. The van der Waals surface area contributed by atoms with Gasteiger partial charge in [0.2, 0.25) is 5.91 Å². The maximum Gasteiger partial charge on any atom is 0.407 e. The van der Waals surface area contributed by atoms with Crippen LogP contribution in [0.2, 0.25) is 0 Å². The summed E-state index contributed by atoms with van der Waals surface area (Å²) in [5.41, 5.74) is 2.31. The van der Waals surface area contributed by atoms with Crippen molar-refractivity contribution in [1.82, 2.24) is 10.6 Å². The molecule has 0 heterocycles. The Morgan fingerprint density at radius 2 is 1.28 bits per heavy atom. The Labute approximate surface area is 186 Å². The van der Waals surface area contributed by atoms with Crippen molar-refractivity contribution in [2.24, 2.45) is 0 Å². The molecule has 0 aliphatic heterocycles. The Kier molecular flexibility index (Phi) is 7.97. The summed E-state index contributed by atoms with van der Waals surface area (Å²) in [6.07, 6.45) is -0.765. The van der Waals surface area contributed by atoms with E-state index in [0.29, 0.717) is 0 Å². The molecule has 2 amide bonds. The van der Waals surface area contributed by atoms with Crippen molar-refractivity contribution < 1.29 is 24.2 Å². The molecule has 0 bridgehead atoms. The smallest absolute Gasteiger partial charge is 0.407 e. The fourth-order valence-electron chi connectivity index (χ4n) is 3.34. The van der Waals surface area contributed by atoms with E-state index < -0.39 is 36.5 Å². The number of aliphatic carboxylic acids is 1. The Morgan fingerprint density at radius 3 is 1.78 bits per heavy atom. The second-order valence-corrected chi connectivity index (χ2v) is 7.10. The van der Waals surface area contributed by atoms with Gasteiger partial charge in [0, 0.05) is 5.92 Å². The summed E-state index contributed by atoms with van der Waals surface area (Å²) in [4.78, 5) is 36.4. The molecule has 3 aromatic carbocycles. The summed E-state index contributed by atoms with van der Waals surface area (Å²) in [6.45, 7) is -0.343. The van der Waals surface area contributed by atoms with Crippen LogP contribution in [0.15, 0.2) is 91.0 Å². The van der Waals surface area contributed by atoms with E-state index in [1.54, 1.807) is 0 Å². The molecule has 7 heteroatoms. The molecule has 0 aliphatic rings. The minimum atomic E-state index is -1.23. The lowest BCUT2D eigenvalue weighted by Gasteiger charge is -2.26. The van der Waals surface area contributed by atoms with E-state index in [4.69, 9.17) is 4.74 Å². The van der Waals surface area contributed by atoms with E-state index in [-0.39, 0.29) is 6.61 Å². The first kappa shape index (κ1) is 22.6. The number of rotatable bonds is 9. The highest BCUT2D eigenvalue weighted by Gasteiger charge is 2.32. The Bertz CT molecular complexity index is 986. The van der Waals surface area contributed by atoms with Crippen LogP contribution in [0, 0.1) is 0 Å². The zero-order valence-electron chi connectivity index (χ0n) is 17.3. The van der Waals surface area contributed by atoms with Crippen LogP contribution in [0.4, 0.5) is 4.79 Å². The molecule has 0 saturated carbocycles. The number of alkyl carbamates (subject to hydrolysis) is 1. The molecule has 0 aromatic heterocycles. The number of ether oxygens (including phenoxy) is 1. The van der Waals surface area contributed by atoms with Gasteiger partial charge in [0.15, 0.2) is 0 Å². The van der Waals surface area contributed by atoms with Crippen molar-refractivity contribution in [3.05, 3.63) is 108 Å². The van der Waals surface area contributed by atoms with Crippen LogP contribution < -0.4 is 10.6 Å². The highest BCUT2D eigenvalue weighted by atomic mass is 16.5. The number of benzene rings is 3. The van der Waals surface area contributed by atoms with Crippen molar-refractivity contribution in [1.29, 1.82) is 0 Å². The van der Waals surface area contributed by atoms with Gasteiger partial charge < -0.3 is 20.5 Å². The molecule has 0 radical (unpaired) electrons. The van der Waals surface area contributed by atoms with Gasteiger partial charge in [0.1, 0.15) is 19.2 Å². The largest absolute Gasteiger partial charge is 0.480 e. The number of nitrogens with one attached hydrogen (secondary N) is 2. The van der Waals surface area contributed by atoms with Crippen molar-refractivity contribution in [3.63, 3.8) is 0 Å². The van der Waals surface area contributed by atoms with Crippen LogP contribution in [-0.4, -0.2) is 35.7 Å². The molecule has 3 rings (SSSR count). The molecule has 32 heavy (non-hydrogen) atoms. The molecule has 0 fully saturated rings. The third-order valence-corrected chi connectivity index (χ3v) is 4.84. The summed E-state index contributed by atoms with van der Waals surface area (Å²) in [5, 5.41) is 14.8. The monoisotopic (exact) mass is 432 g/mol. The quantitative estimate of drug-likeness (QED) is 0.481. The Balaban J connectivity index is 1.64. The fourth-order valence-corrected chi connectivity index (χ4v) is 3.34. The Hall–Kier alpha value is -4.13. The van der Waals surface area contributed by atoms with E-state index in [1.165, 1.54) is 0 Å². The summed E-state index contributed by atoms with van der Waals surface area (Å²) in [5.74, 6) is -2.42. The van der Waals surface area contributed by atoms with Gasteiger partial charge in [-0.25, -0.2) is 9.59 Å². The van der Waals surface area contributed by atoms with Crippen molar-refractivity contribution in [2.45, 2.75) is 18.6 Å². The van der Waals surface area contributed by atoms with E-state index in [9.17, 15) is 19.5 Å². The van der Waals surface area contributed by atoms with Gasteiger partial charge in [-0.2, -0.15) is 0 Å². The SMILES string of the molecule is O=C(CNC(=O)OCc1ccccc1)N[C@@H](C(=O)O)C(c1ccccc1)c1ccccc1. The first-order valence-electron chi connectivity index (χ1n) is 10.1. The Morgan fingerprint density at radius 1 is 0.781 bits per heavy atom. The van der Waals surface area contributed by atoms with Crippen LogP contribution in [0.25, 0.3) is 0 Å². The molecular weight excluding hydrogens is 408 g/mol. The van der Waals surface area contributed by atoms with Gasteiger partial charge >= 0.3 is 12.1 Å². The minimum absolute atomic E-state index is 0.0656. The number of carbonyl (C=O) groups is 3. The molecule has 3 N–H and O–H groups in total. The second-order valence-electron chi connectivity index (χ2n) is 7.10. The molecule has 164 valence electrons. The van der Waals surface area contributed by atoms with Crippen LogP contribution in [0.1, 0.15) is 22.6 Å². The predicted molar refractivity (Wildman–Crippen MR) is 119 cm³/mol. The lowest BCUT2D eigenvalue weighted by molar-refractivity contribution is -0.142. The molecule has 0 saturated heterocycles. The van der Waals surface area contributed by atoms with E-state index >= 15 is 0 Å². The molecular formula is C25H24N2O5. The van der Waals surface area contributed by atoms with E-state index in [2.05, 4.69) is 10.6 Å². The van der Waals surface area contributed by atoms with E-state index in [1.807, 2.05) is 91.0 Å². The maximum absolute atomic E-state index is 12.5. The molecule has 0 unspecified atom stereocenters. The van der Waals surface area contributed by atoms with E-state index in [0.717, 1.165) is 16.7 Å². The van der Waals surface area contributed by atoms with Gasteiger partial charge in [0.05, 0.1) is 0 Å². The summed E-state index contributed by atoms with van der Waals surface area (Å²) in [6, 6.07) is 26.1. The highest BCUT2D eigenvalue weighted by molar-refractivity contribution is 5.87. The topological polar surface area (TPSA) is 105 Å². The number of hydrogen-bond acceptors (Lipinski definition) is 4. The number of amides is 2. The number of carbonyl (C=O) groups excluding carboxylic acids is 2. The normalized spacial score (nSPS) is 11.4. The van der Waals surface area contributed by atoms with Crippen molar-refractivity contribution in [2.75, 3.05) is 6.54 Å². The molecule has 3 aromatic rings.